The van der Waals surface area contributed by atoms with E-state index in [1.54, 1.807) is 0 Å². The Morgan fingerprint density at radius 1 is 1.27 bits per heavy atom. The first-order valence-electron chi connectivity index (χ1n) is 5.44. The van der Waals surface area contributed by atoms with E-state index in [-0.39, 0.29) is 5.92 Å². The summed E-state index contributed by atoms with van der Waals surface area (Å²) in [4.78, 5) is 0.592. The van der Waals surface area contributed by atoms with Gasteiger partial charge in [0.1, 0.15) is 0 Å². The van der Waals surface area contributed by atoms with Gasteiger partial charge in [0.05, 0.1) is 4.99 Å². The molecular formula is C13H19NS. The molecule has 15 heavy (non-hydrogen) atoms. The summed E-state index contributed by atoms with van der Waals surface area (Å²) in [6.07, 6.45) is 1.07. The minimum atomic E-state index is 0.200. The van der Waals surface area contributed by atoms with Crippen molar-refractivity contribution in [2.24, 2.45) is 11.7 Å². The molecule has 0 aromatic heterocycles. The zero-order valence-corrected chi connectivity index (χ0v) is 10.5. The number of hydrogen-bond acceptors (Lipinski definition) is 1. The second-order valence-electron chi connectivity index (χ2n) is 4.22. The summed E-state index contributed by atoms with van der Waals surface area (Å²) >= 11 is 5.11. The maximum atomic E-state index is 5.77. The Kier molecular flexibility index (Phi) is 4.28. The predicted octanol–water partition coefficient (Wildman–Crippen LogP) is 3.27. The molecule has 0 saturated carbocycles. The zero-order chi connectivity index (χ0) is 11.4. The molecule has 1 aromatic rings. The molecule has 1 unspecified atom stereocenters. The first-order valence-corrected chi connectivity index (χ1v) is 5.85. The molecule has 0 heterocycles. The van der Waals surface area contributed by atoms with Crippen LogP contribution in [-0.2, 0) is 6.42 Å². The standard InChI is InChI=1S/C13H19NS/c1-4-10-5-7-11(8-6-10)12(9(2)3)13(14)15/h5-9,12H,4H2,1-3H3,(H2,14,15). The molecule has 1 rings (SSSR count). The van der Waals surface area contributed by atoms with Crippen LogP contribution in [0.2, 0.25) is 0 Å². The number of benzene rings is 1. The molecular weight excluding hydrogens is 202 g/mol. The monoisotopic (exact) mass is 221 g/mol. The fraction of sp³-hybridized carbons (Fsp3) is 0.462. The van der Waals surface area contributed by atoms with Gasteiger partial charge >= 0.3 is 0 Å². The van der Waals surface area contributed by atoms with E-state index >= 15 is 0 Å². The highest BCUT2D eigenvalue weighted by Gasteiger charge is 2.18. The van der Waals surface area contributed by atoms with E-state index in [9.17, 15) is 0 Å². The average molecular weight is 221 g/mol. The van der Waals surface area contributed by atoms with Crippen LogP contribution in [0.15, 0.2) is 24.3 Å². The Morgan fingerprint density at radius 2 is 1.80 bits per heavy atom. The summed E-state index contributed by atoms with van der Waals surface area (Å²) in [6, 6.07) is 8.59. The maximum Gasteiger partial charge on any atom is 0.0805 e. The van der Waals surface area contributed by atoms with E-state index < -0.39 is 0 Å². The molecule has 0 fully saturated rings. The normalized spacial score (nSPS) is 12.8. The van der Waals surface area contributed by atoms with Crippen LogP contribution in [0.1, 0.15) is 37.8 Å². The highest BCUT2D eigenvalue weighted by molar-refractivity contribution is 7.80. The van der Waals surface area contributed by atoms with E-state index in [2.05, 4.69) is 45.0 Å². The molecule has 82 valence electrons. The Balaban J connectivity index is 2.97. The van der Waals surface area contributed by atoms with Crippen molar-refractivity contribution in [3.8, 4) is 0 Å². The minimum absolute atomic E-state index is 0.200. The number of hydrogen-bond donors (Lipinski definition) is 1. The Bertz CT molecular complexity index is 327. The van der Waals surface area contributed by atoms with Crippen molar-refractivity contribution in [1.29, 1.82) is 0 Å². The fourth-order valence-corrected chi connectivity index (χ4v) is 2.25. The molecule has 0 aliphatic heterocycles. The zero-order valence-electron chi connectivity index (χ0n) is 9.66. The predicted molar refractivity (Wildman–Crippen MR) is 70.2 cm³/mol. The summed E-state index contributed by atoms with van der Waals surface area (Å²) in [5, 5.41) is 0. The molecule has 0 aliphatic carbocycles. The fourth-order valence-electron chi connectivity index (χ4n) is 1.84. The Hall–Kier alpha value is -0.890. The van der Waals surface area contributed by atoms with Gasteiger partial charge in [0.15, 0.2) is 0 Å². The van der Waals surface area contributed by atoms with Gasteiger partial charge in [-0.05, 0) is 23.5 Å². The first kappa shape index (κ1) is 12.2. The van der Waals surface area contributed by atoms with Gasteiger partial charge in [0.25, 0.3) is 0 Å². The number of nitrogens with two attached hydrogens (primary N) is 1. The van der Waals surface area contributed by atoms with Crippen LogP contribution < -0.4 is 5.73 Å². The number of rotatable bonds is 4. The quantitative estimate of drug-likeness (QED) is 0.790. The van der Waals surface area contributed by atoms with Crippen molar-refractivity contribution in [2.45, 2.75) is 33.1 Å². The van der Waals surface area contributed by atoms with Crippen molar-refractivity contribution in [2.75, 3.05) is 0 Å². The van der Waals surface area contributed by atoms with E-state index in [1.165, 1.54) is 11.1 Å². The van der Waals surface area contributed by atoms with Crippen LogP contribution in [0.5, 0.6) is 0 Å². The van der Waals surface area contributed by atoms with Crippen LogP contribution in [0.4, 0.5) is 0 Å². The lowest BCUT2D eigenvalue weighted by Gasteiger charge is -2.20. The largest absolute Gasteiger partial charge is 0.393 e. The van der Waals surface area contributed by atoms with Crippen molar-refractivity contribution in [1.82, 2.24) is 0 Å². The van der Waals surface area contributed by atoms with E-state index in [0.717, 1.165) is 6.42 Å². The van der Waals surface area contributed by atoms with Gasteiger partial charge in [-0.1, -0.05) is 57.3 Å². The second-order valence-corrected chi connectivity index (χ2v) is 4.69. The van der Waals surface area contributed by atoms with E-state index in [0.29, 0.717) is 10.9 Å². The molecule has 0 aliphatic rings. The lowest BCUT2D eigenvalue weighted by Crippen LogP contribution is -2.23. The van der Waals surface area contributed by atoms with Crippen LogP contribution in [0, 0.1) is 5.92 Å². The molecule has 0 spiro atoms. The molecule has 0 amide bonds. The van der Waals surface area contributed by atoms with Gasteiger partial charge in [-0.15, -0.1) is 0 Å². The molecule has 0 saturated heterocycles. The molecule has 0 bridgehead atoms. The molecule has 1 nitrogen and oxygen atoms in total. The summed E-state index contributed by atoms with van der Waals surface area (Å²) < 4.78 is 0. The lowest BCUT2D eigenvalue weighted by molar-refractivity contribution is 0.604. The number of thiocarbonyl (C=S) groups is 1. The smallest absolute Gasteiger partial charge is 0.0805 e. The van der Waals surface area contributed by atoms with Crippen molar-refractivity contribution in [3.63, 3.8) is 0 Å². The van der Waals surface area contributed by atoms with Gasteiger partial charge < -0.3 is 5.73 Å². The molecule has 2 heteroatoms. The SMILES string of the molecule is CCc1ccc(C(C(N)=S)C(C)C)cc1. The van der Waals surface area contributed by atoms with E-state index in [1.807, 2.05) is 0 Å². The maximum absolute atomic E-state index is 5.77. The third-order valence-electron chi connectivity index (χ3n) is 2.72. The van der Waals surface area contributed by atoms with Crippen molar-refractivity contribution >= 4 is 17.2 Å². The summed E-state index contributed by atoms with van der Waals surface area (Å²) in [6.45, 7) is 6.46. The summed E-state index contributed by atoms with van der Waals surface area (Å²) in [5.74, 6) is 0.654. The van der Waals surface area contributed by atoms with Crippen LogP contribution in [-0.4, -0.2) is 4.99 Å². The topological polar surface area (TPSA) is 26.0 Å². The minimum Gasteiger partial charge on any atom is -0.393 e. The van der Waals surface area contributed by atoms with Gasteiger partial charge in [-0.3, -0.25) is 0 Å². The van der Waals surface area contributed by atoms with Crippen molar-refractivity contribution < 1.29 is 0 Å². The average Bonchev–Trinajstić information content (AvgIpc) is 2.18. The second kappa shape index (κ2) is 5.26. The highest BCUT2D eigenvalue weighted by Crippen LogP contribution is 2.25. The molecule has 0 radical (unpaired) electrons. The molecule has 1 atom stereocenters. The summed E-state index contributed by atoms with van der Waals surface area (Å²) in [7, 11) is 0. The van der Waals surface area contributed by atoms with Gasteiger partial charge in [-0.2, -0.15) is 0 Å². The molecule has 1 aromatic carbocycles. The van der Waals surface area contributed by atoms with E-state index in [4.69, 9.17) is 18.0 Å². The first-order chi connectivity index (χ1) is 7.06. The van der Waals surface area contributed by atoms with Gasteiger partial charge in [0.2, 0.25) is 0 Å². The highest BCUT2D eigenvalue weighted by atomic mass is 32.1. The summed E-state index contributed by atoms with van der Waals surface area (Å²) in [5.41, 5.74) is 8.35. The third-order valence-corrected chi connectivity index (χ3v) is 2.97. The Morgan fingerprint density at radius 3 is 2.13 bits per heavy atom. The van der Waals surface area contributed by atoms with Crippen LogP contribution in [0.25, 0.3) is 0 Å². The molecule has 2 N–H and O–H groups in total. The van der Waals surface area contributed by atoms with Gasteiger partial charge in [-0.25, -0.2) is 0 Å². The van der Waals surface area contributed by atoms with Crippen LogP contribution >= 0.6 is 12.2 Å². The van der Waals surface area contributed by atoms with Gasteiger partial charge in [0, 0.05) is 5.92 Å². The third kappa shape index (κ3) is 3.03. The van der Waals surface area contributed by atoms with Crippen LogP contribution in [0.3, 0.4) is 0 Å². The lowest BCUT2D eigenvalue weighted by atomic mass is 9.88. The Labute approximate surface area is 97.7 Å². The number of aryl methyl sites for hydroxylation is 1. The van der Waals surface area contributed by atoms with Crippen molar-refractivity contribution in [3.05, 3.63) is 35.4 Å².